The van der Waals surface area contributed by atoms with Crippen LogP contribution in [0.3, 0.4) is 0 Å². The first-order valence-corrected chi connectivity index (χ1v) is 12.5. The van der Waals surface area contributed by atoms with Gasteiger partial charge in [0.2, 0.25) is 0 Å². The highest BCUT2D eigenvalue weighted by atomic mass is 32.2. The summed E-state index contributed by atoms with van der Waals surface area (Å²) in [6.45, 7) is 2.39. The van der Waals surface area contributed by atoms with Crippen molar-refractivity contribution in [3.63, 3.8) is 0 Å². The fourth-order valence-corrected chi connectivity index (χ4v) is 4.35. The largest absolute Gasteiger partial charge is 0.497 e. The lowest BCUT2D eigenvalue weighted by molar-refractivity contribution is 0.0499. The van der Waals surface area contributed by atoms with E-state index in [1.807, 2.05) is 6.92 Å². The van der Waals surface area contributed by atoms with Gasteiger partial charge < -0.3 is 14.8 Å². The van der Waals surface area contributed by atoms with Gasteiger partial charge in [-0.1, -0.05) is 13.3 Å². The van der Waals surface area contributed by atoms with Gasteiger partial charge in [-0.05, 0) is 79.2 Å². The number of carbonyl (C=O) groups is 2. The van der Waals surface area contributed by atoms with Gasteiger partial charge in [-0.2, -0.15) is 0 Å². The number of esters is 1. The number of nitrogens with one attached hydrogen (secondary N) is 1. The SMILES string of the molecule is CCCCOC(=O)c1ccc(NC(=O)c2ccc(N(C)S(=O)(=O)c3ccc(OC)cc3)cc2)cc1. The lowest BCUT2D eigenvalue weighted by Crippen LogP contribution is -2.26. The van der Waals surface area contributed by atoms with E-state index in [9.17, 15) is 18.0 Å². The average molecular weight is 497 g/mol. The number of methoxy groups -OCH3 is 1. The molecule has 0 saturated heterocycles. The Labute approximate surface area is 205 Å². The van der Waals surface area contributed by atoms with Gasteiger partial charge >= 0.3 is 5.97 Å². The van der Waals surface area contributed by atoms with Crippen LogP contribution in [0.2, 0.25) is 0 Å². The summed E-state index contributed by atoms with van der Waals surface area (Å²) in [5, 5.41) is 2.76. The lowest BCUT2D eigenvalue weighted by atomic mass is 10.1. The monoisotopic (exact) mass is 496 g/mol. The molecule has 0 fully saturated rings. The molecule has 0 spiro atoms. The van der Waals surface area contributed by atoms with E-state index < -0.39 is 16.0 Å². The molecule has 0 aliphatic carbocycles. The third-order valence-corrected chi connectivity index (χ3v) is 7.12. The Bertz CT molecular complexity index is 1250. The molecule has 184 valence electrons. The number of nitrogens with zero attached hydrogens (tertiary/aromatic N) is 1. The van der Waals surface area contributed by atoms with Crippen molar-refractivity contribution in [3.05, 3.63) is 83.9 Å². The summed E-state index contributed by atoms with van der Waals surface area (Å²) in [6, 6.07) is 18.7. The first kappa shape index (κ1) is 25.8. The molecule has 0 heterocycles. The van der Waals surface area contributed by atoms with Crippen LogP contribution in [0.25, 0.3) is 0 Å². The minimum atomic E-state index is -3.78. The zero-order valence-corrected chi connectivity index (χ0v) is 20.7. The molecule has 0 aliphatic rings. The summed E-state index contributed by atoms with van der Waals surface area (Å²) in [5.41, 5.74) is 1.68. The van der Waals surface area contributed by atoms with Crippen molar-refractivity contribution in [2.75, 3.05) is 30.4 Å². The fraction of sp³-hybridized carbons (Fsp3) is 0.231. The molecule has 1 amide bonds. The molecule has 1 N–H and O–H groups in total. The van der Waals surface area contributed by atoms with E-state index in [4.69, 9.17) is 9.47 Å². The zero-order chi connectivity index (χ0) is 25.4. The number of benzene rings is 3. The van der Waals surface area contributed by atoms with Crippen LogP contribution in [0.5, 0.6) is 5.75 Å². The van der Waals surface area contributed by atoms with Crippen LogP contribution < -0.4 is 14.4 Å². The summed E-state index contributed by atoms with van der Waals surface area (Å²) in [6.07, 6.45) is 1.75. The van der Waals surface area contributed by atoms with Crippen LogP contribution in [0.4, 0.5) is 11.4 Å². The van der Waals surface area contributed by atoms with E-state index in [0.717, 1.165) is 17.1 Å². The van der Waals surface area contributed by atoms with Crippen LogP contribution in [0.15, 0.2) is 77.7 Å². The highest BCUT2D eigenvalue weighted by Crippen LogP contribution is 2.24. The Balaban J connectivity index is 1.64. The Morgan fingerprint density at radius 2 is 1.49 bits per heavy atom. The molecule has 0 radical (unpaired) electrons. The third kappa shape index (κ3) is 6.39. The third-order valence-electron chi connectivity index (χ3n) is 5.32. The highest BCUT2D eigenvalue weighted by Gasteiger charge is 2.21. The number of unbranched alkanes of at least 4 members (excludes halogenated alkanes) is 1. The van der Waals surface area contributed by atoms with E-state index in [1.165, 1.54) is 26.3 Å². The van der Waals surface area contributed by atoms with Crippen molar-refractivity contribution in [1.82, 2.24) is 0 Å². The van der Waals surface area contributed by atoms with E-state index in [0.29, 0.717) is 34.9 Å². The predicted molar refractivity (Wildman–Crippen MR) is 135 cm³/mol. The van der Waals surface area contributed by atoms with E-state index in [2.05, 4.69) is 5.32 Å². The average Bonchev–Trinajstić information content (AvgIpc) is 2.88. The number of anilines is 2. The maximum atomic E-state index is 12.9. The summed E-state index contributed by atoms with van der Waals surface area (Å²) in [5.74, 6) is -0.209. The summed E-state index contributed by atoms with van der Waals surface area (Å²) in [7, 11) is -0.822. The Morgan fingerprint density at radius 3 is 2.06 bits per heavy atom. The lowest BCUT2D eigenvalue weighted by Gasteiger charge is -2.20. The van der Waals surface area contributed by atoms with Crippen molar-refractivity contribution < 1.29 is 27.5 Å². The second-order valence-corrected chi connectivity index (χ2v) is 9.69. The van der Waals surface area contributed by atoms with Gasteiger partial charge in [-0.15, -0.1) is 0 Å². The Kier molecular flexibility index (Phi) is 8.48. The van der Waals surface area contributed by atoms with Gasteiger partial charge in [0.25, 0.3) is 15.9 Å². The van der Waals surface area contributed by atoms with Crippen LogP contribution in [0.1, 0.15) is 40.5 Å². The minimum absolute atomic E-state index is 0.125. The summed E-state index contributed by atoms with van der Waals surface area (Å²) in [4.78, 5) is 24.7. The predicted octanol–water partition coefficient (Wildman–Crippen LogP) is 4.73. The number of hydrogen-bond donors (Lipinski definition) is 1. The maximum absolute atomic E-state index is 12.9. The molecular weight excluding hydrogens is 468 g/mol. The zero-order valence-electron chi connectivity index (χ0n) is 19.9. The van der Waals surface area contributed by atoms with E-state index in [1.54, 1.807) is 60.7 Å². The number of hydrogen-bond acceptors (Lipinski definition) is 6. The molecule has 0 atom stereocenters. The number of sulfonamides is 1. The van der Waals surface area contributed by atoms with Crippen LogP contribution in [0, 0.1) is 0 Å². The molecule has 0 aromatic heterocycles. The van der Waals surface area contributed by atoms with Crippen molar-refractivity contribution in [3.8, 4) is 5.75 Å². The fourth-order valence-electron chi connectivity index (χ4n) is 3.15. The van der Waals surface area contributed by atoms with Crippen molar-refractivity contribution >= 4 is 33.3 Å². The summed E-state index contributed by atoms with van der Waals surface area (Å²) >= 11 is 0. The van der Waals surface area contributed by atoms with Gasteiger partial charge in [-0.25, -0.2) is 13.2 Å². The van der Waals surface area contributed by atoms with Gasteiger partial charge in [0.05, 0.1) is 29.9 Å². The molecular formula is C26H28N2O6S. The summed E-state index contributed by atoms with van der Waals surface area (Å²) < 4.78 is 37.2. The van der Waals surface area contributed by atoms with Crippen molar-refractivity contribution in [2.24, 2.45) is 0 Å². The first-order chi connectivity index (χ1) is 16.8. The molecule has 9 heteroatoms. The van der Waals surface area contributed by atoms with Crippen molar-refractivity contribution in [1.29, 1.82) is 0 Å². The second kappa shape index (κ2) is 11.5. The molecule has 3 rings (SSSR count). The van der Waals surface area contributed by atoms with Gasteiger partial charge in [0.1, 0.15) is 5.75 Å². The topological polar surface area (TPSA) is 102 Å². The molecule has 0 bridgehead atoms. The molecule has 3 aromatic rings. The molecule has 8 nitrogen and oxygen atoms in total. The molecule has 0 saturated carbocycles. The highest BCUT2D eigenvalue weighted by molar-refractivity contribution is 7.92. The minimum Gasteiger partial charge on any atom is -0.497 e. The van der Waals surface area contributed by atoms with Gasteiger partial charge in [0, 0.05) is 18.3 Å². The van der Waals surface area contributed by atoms with E-state index in [-0.39, 0.29) is 10.8 Å². The van der Waals surface area contributed by atoms with Gasteiger partial charge in [-0.3, -0.25) is 9.10 Å². The Morgan fingerprint density at radius 1 is 0.886 bits per heavy atom. The van der Waals surface area contributed by atoms with Crippen LogP contribution in [-0.4, -0.2) is 41.1 Å². The normalized spacial score (nSPS) is 10.9. The quantitative estimate of drug-likeness (QED) is 0.322. The van der Waals surface area contributed by atoms with Crippen LogP contribution in [-0.2, 0) is 14.8 Å². The molecule has 0 aliphatic heterocycles. The molecule has 3 aromatic carbocycles. The smallest absolute Gasteiger partial charge is 0.338 e. The first-order valence-electron chi connectivity index (χ1n) is 11.1. The number of rotatable bonds is 10. The second-order valence-electron chi connectivity index (χ2n) is 7.72. The van der Waals surface area contributed by atoms with Gasteiger partial charge in [0.15, 0.2) is 0 Å². The van der Waals surface area contributed by atoms with Crippen LogP contribution >= 0.6 is 0 Å². The Hall–Kier alpha value is -3.85. The molecule has 0 unspecified atom stereocenters. The molecule has 35 heavy (non-hydrogen) atoms. The maximum Gasteiger partial charge on any atom is 0.338 e. The standard InChI is InChI=1S/C26H28N2O6S/c1-4-5-18-34-26(30)20-6-10-21(11-7-20)27-25(29)19-8-12-22(13-9-19)28(2)35(31,32)24-16-14-23(33-3)15-17-24/h6-17H,4-5,18H2,1-3H3,(H,27,29). The number of amides is 1. The van der Waals surface area contributed by atoms with Crippen molar-refractivity contribution in [2.45, 2.75) is 24.7 Å². The van der Waals surface area contributed by atoms with E-state index >= 15 is 0 Å². The number of carbonyl (C=O) groups excluding carboxylic acids is 2. The number of ether oxygens (including phenoxy) is 2.